The van der Waals surface area contributed by atoms with Gasteiger partial charge in [-0.25, -0.2) is 0 Å². The minimum atomic E-state index is -0.0881. The van der Waals surface area contributed by atoms with Gasteiger partial charge in [0.1, 0.15) is 0 Å². The van der Waals surface area contributed by atoms with Crippen LogP contribution in [0.4, 0.5) is 5.69 Å². The third kappa shape index (κ3) is 2.96. The smallest absolute Gasteiger partial charge is 0.255 e. The number of hydrogen-bond acceptors (Lipinski definition) is 2. The Morgan fingerprint density at radius 2 is 1.56 bits per heavy atom. The van der Waals surface area contributed by atoms with Crippen molar-refractivity contribution in [2.24, 2.45) is 0 Å². The summed E-state index contributed by atoms with van der Waals surface area (Å²) in [6, 6.07) is 18.9. The molecule has 0 saturated heterocycles. The minimum absolute atomic E-state index is 0.0881. The second-order valence-electron chi connectivity index (χ2n) is 3.87. The lowest BCUT2D eigenvalue weighted by molar-refractivity contribution is -0.124. The number of anilines is 1. The summed E-state index contributed by atoms with van der Waals surface area (Å²) in [7, 11) is 1.50. The molecule has 0 N–H and O–H groups in total. The van der Waals surface area contributed by atoms with Gasteiger partial charge in [0.05, 0.1) is 19.2 Å². The Balaban J connectivity index is 2.12. The molecule has 3 nitrogen and oxygen atoms in total. The molecular formula is C15H15NO2. The predicted octanol–water partition coefficient (Wildman–Crippen LogP) is 2.82. The fourth-order valence-corrected chi connectivity index (χ4v) is 1.76. The normalized spacial score (nSPS) is 10.1. The van der Waals surface area contributed by atoms with Crippen molar-refractivity contribution in [2.75, 3.05) is 12.2 Å². The number of carbonyl (C=O) groups excluding carboxylic acids is 1. The molecule has 0 heterocycles. The topological polar surface area (TPSA) is 29.5 Å². The van der Waals surface area contributed by atoms with Gasteiger partial charge in [0.15, 0.2) is 0 Å². The zero-order valence-corrected chi connectivity index (χ0v) is 10.2. The highest BCUT2D eigenvalue weighted by atomic mass is 16.7. The van der Waals surface area contributed by atoms with Crippen molar-refractivity contribution in [1.82, 2.24) is 0 Å². The maximum atomic E-state index is 12.1. The number of rotatable bonds is 4. The largest absolute Gasteiger partial charge is 0.272 e. The third-order valence-electron chi connectivity index (χ3n) is 2.60. The average Bonchev–Trinajstić information content (AvgIpc) is 2.42. The Kier molecular flexibility index (Phi) is 4.10. The first kappa shape index (κ1) is 12.3. The van der Waals surface area contributed by atoms with Crippen LogP contribution in [0.3, 0.4) is 0 Å². The lowest BCUT2D eigenvalue weighted by Crippen LogP contribution is -2.31. The molecule has 0 saturated carbocycles. The molecule has 1 amide bonds. The van der Waals surface area contributed by atoms with Gasteiger partial charge in [-0.05, 0) is 17.7 Å². The summed E-state index contributed by atoms with van der Waals surface area (Å²) in [5.41, 5.74) is 1.71. The fraction of sp³-hybridized carbons (Fsp3) is 0.133. The Morgan fingerprint density at radius 1 is 1.00 bits per heavy atom. The van der Waals surface area contributed by atoms with Gasteiger partial charge in [-0.2, -0.15) is 5.06 Å². The van der Waals surface area contributed by atoms with Gasteiger partial charge >= 0.3 is 0 Å². The number of nitrogens with zero attached hydrogens (tertiary/aromatic N) is 1. The first-order valence-corrected chi connectivity index (χ1v) is 5.77. The van der Waals surface area contributed by atoms with E-state index in [0.717, 1.165) is 11.3 Å². The Bertz CT molecular complexity index is 496. The van der Waals surface area contributed by atoms with Crippen LogP contribution in [0.15, 0.2) is 60.7 Å². The summed E-state index contributed by atoms with van der Waals surface area (Å²) in [4.78, 5) is 17.3. The molecule has 0 spiro atoms. The van der Waals surface area contributed by atoms with E-state index in [1.165, 1.54) is 12.2 Å². The van der Waals surface area contributed by atoms with Gasteiger partial charge in [-0.15, -0.1) is 0 Å². The van der Waals surface area contributed by atoms with Crippen molar-refractivity contribution in [3.8, 4) is 0 Å². The first-order chi connectivity index (χ1) is 8.81. The van der Waals surface area contributed by atoms with E-state index >= 15 is 0 Å². The molecule has 0 aliphatic heterocycles. The summed E-state index contributed by atoms with van der Waals surface area (Å²) in [5, 5.41) is 1.31. The van der Waals surface area contributed by atoms with Crippen molar-refractivity contribution in [2.45, 2.75) is 6.42 Å². The number of hydroxylamine groups is 1. The lowest BCUT2D eigenvalue weighted by Gasteiger charge is -2.19. The number of para-hydroxylation sites is 1. The molecule has 0 aliphatic rings. The van der Waals surface area contributed by atoms with Crippen LogP contribution in [0.2, 0.25) is 0 Å². The van der Waals surface area contributed by atoms with Crippen LogP contribution in [0.5, 0.6) is 0 Å². The quantitative estimate of drug-likeness (QED) is 0.770. The van der Waals surface area contributed by atoms with Crippen molar-refractivity contribution in [3.63, 3.8) is 0 Å². The van der Waals surface area contributed by atoms with E-state index in [2.05, 4.69) is 0 Å². The first-order valence-electron chi connectivity index (χ1n) is 5.77. The molecule has 2 aromatic rings. The second-order valence-corrected chi connectivity index (χ2v) is 3.87. The van der Waals surface area contributed by atoms with Crippen LogP contribution in [0.25, 0.3) is 0 Å². The van der Waals surface area contributed by atoms with E-state index in [1.807, 2.05) is 60.7 Å². The summed E-state index contributed by atoms with van der Waals surface area (Å²) < 4.78 is 0. The molecule has 0 radical (unpaired) electrons. The standard InChI is InChI=1S/C15H15NO2/c1-18-16(14-10-6-3-7-11-14)15(17)12-13-8-4-2-5-9-13/h2-11H,12H2,1H3. The average molecular weight is 241 g/mol. The van der Waals surface area contributed by atoms with Gasteiger partial charge in [-0.3, -0.25) is 9.63 Å². The number of benzene rings is 2. The Labute approximate surface area is 107 Å². The van der Waals surface area contributed by atoms with Crippen molar-refractivity contribution in [3.05, 3.63) is 66.2 Å². The van der Waals surface area contributed by atoms with Crippen molar-refractivity contribution in [1.29, 1.82) is 0 Å². The zero-order valence-electron chi connectivity index (χ0n) is 10.2. The predicted molar refractivity (Wildman–Crippen MR) is 71.1 cm³/mol. The maximum Gasteiger partial charge on any atom is 0.255 e. The van der Waals surface area contributed by atoms with Gasteiger partial charge in [-0.1, -0.05) is 48.5 Å². The van der Waals surface area contributed by atoms with Gasteiger partial charge in [0.2, 0.25) is 0 Å². The fourth-order valence-electron chi connectivity index (χ4n) is 1.76. The number of amides is 1. The molecular weight excluding hydrogens is 226 g/mol. The Morgan fingerprint density at radius 3 is 2.11 bits per heavy atom. The van der Waals surface area contributed by atoms with Gasteiger partial charge < -0.3 is 0 Å². The monoisotopic (exact) mass is 241 g/mol. The van der Waals surface area contributed by atoms with Crippen LogP contribution in [0.1, 0.15) is 5.56 Å². The van der Waals surface area contributed by atoms with Gasteiger partial charge in [0, 0.05) is 0 Å². The van der Waals surface area contributed by atoms with E-state index in [1.54, 1.807) is 0 Å². The molecule has 3 heteroatoms. The molecule has 0 atom stereocenters. The summed E-state index contributed by atoms with van der Waals surface area (Å²) in [6.45, 7) is 0. The van der Waals surface area contributed by atoms with E-state index in [9.17, 15) is 4.79 Å². The number of hydrogen-bond donors (Lipinski definition) is 0. The Hall–Kier alpha value is -2.13. The van der Waals surface area contributed by atoms with Crippen LogP contribution < -0.4 is 5.06 Å². The molecule has 92 valence electrons. The van der Waals surface area contributed by atoms with E-state index in [0.29, 0.717) is 6.42 Å². The van der Waals surface area contributed by atoms with Crippen molar-refractivity contribution < 1.29 is 9.63 Å². The molecule has 2 rings (SSSR count). The molecule has 0 aromatic heterocycles. The molecule has 18 heavy (non-hydrogen) atoms. The molecule has 0 aliphatic carbocycles. The summed E-state index contributed by atoms with van der Waals surface area (Å²) >= 11 is 0. The van der Waals surface area contributed by atoms with Crippen LogP contribution >= 0.6 is 0 Å². The van der Waals surface area contributed by atoms with Crippen LogP contribution in [-0.4, -0.2) is 13.0 Å². The van der Waals surface area contributed by atoms with Gasteiger partial charge in [0.25, 0.3) is 5.91 Å². The van der Waals surface area contributed by atoms with Crippen LogP contribution in [0, 0.1) is 0 Å². The molecule has 2 aromatic carbocycles. The molecule has 0 bridgehead atoms. The van der Waals surface area contributed by atoms with E-state index < -0.39 is 0 Å². The number of carbonyl (C=O) groups is 1. The lowest BCUT2D eigenvalue weighted by atomic mass is 10.1. The summed E-state index contributed by atoms with van der Waals surface area (Å²) in [5.74, 6) is -0.0881. The van der Waals surface area contributed by atoms with Crippen molar-refractivity contribution >= 4 is 11.6 Å². The zero-order chi connectivity index (χ0) is 12.8. The van der Waals surface area contributed by atoms with Crippen LogP contribution in [-0.2, 0) is 16.1 Å². The SMILES string of the molecule is CON(C(=O)Cc1ccccc1)c1ccccc1. The van der Waals surface area contributed by atoms with E-state index in [4.69, 9.17) is 4.84 Å². The highest BCUT2D eigenvalue weighted by molar-refractivity contribution is 5.92. The summed E-state index contributed by atoms with van der Waals surface area (Å²) in [6.07, 6.45) is 0.323. The highest BCUT2D eigenvalue weighted by Gasteiger charge is 2.15. The minimum Gasteiger partial charge on any atom is -0.272 e. The molecule has 0 fully saturated rings. The second kappa shape index (κ2) is 5.98. The maximum absolute atomic E-state index is 12.1. The van der Waals surface area contributed by atoms with E-state index in [-0.39, 0.29) is 5.91 Å². The third-order valence-corrected chi connectivity index (χ3v) is 2.60. The molecule has 0 unspecified atom stereocenters. The highest BCUT2D eigenvalue weighted by Crippen LogP contribution is 2.15.